The summed E-state index contributed by atoms with van der Waals surface area (Å²) >= 11 is 0. The highest BCUT2D eigenvalue weighted by Gasteiger charge is 2.34. The summed E-state index contributed by atoms with van der Waals surface area (Å²) in [5, 5.41) is 12.0. The van der Waals surface area contributed by atoms with E-state index in [-0.39, 0.29) is 11.6 Å². The number of nitriles is 1. The molecule has 1 aromatic carbocycles. The molecule has 3 nitrogen and oxygen atoms in total. The number of alkyl halides is 3. The van der Waals surface area contributed by atoms with Gasteiger partial charge in [-0.2, -0.15) is 18.4 Å². The van der Waals surface area contributed by atoms with E-state index in [9.17, 15) is 13.2 Å². The van der Waals surface area contributed by atoms with Gasteiger partial charge in [-0.3, -0.25) is 0 Å². The number of anilines is 1. The number of halogens is 3. The van der Waals surface area contributed by atoms with Gasteiger partial charge in [-0.25, -0.2) is 0 Å². The molecular formula is C13H14F3N3. The maximum absolute atomic E-state index is 12.9. The molecule has 1 N–H and O–H groups in total. The van der Waals surface area contributed by atoms with Crippen LogP contribution >= 0.6 is 0 Å². The van der Waals surface area contributed by atoms with E-state index in [0.29, 0.717) is 18.8 Å². The van der Waals surface area contributed by atoms with Crippen LogP contribution in [0.2, 0.25) is 0 Å². The van der Waals surface area contributed by atoms with Crippen molar-refractivity contribution in [3.63, 3.8) is 0 Å². The molecule has 0 radical (unpaired) electrons. The van der Waals surface area contributed by atoms with Crippen molar-refractivity contribution in [2.45, 2.75) is 19.1 Å². The highest BCUT2D eigenvalue weighted by atomic mass is 19.4. The second-order valence-electron chi connectivity index (χ2n) is 4.64. The van der Waals surface area contributed by atoms with Gasteiger partial charge in [-0.05, 0) is 25.1 Å². The Morgan fingerprint density at radius 1 is 1.42 bits per heavy atom. The zero-order valence-electron chi connectivity index (χ0n) is 10.5. The van der Waals surface area contributed by atoms with E-state index in [4.69, 9.17) is 5.26 Å². The van der Waals surface area contributed by atoms with E-state index in [2.05, 4.69) is 5.32 Å². The number of hydrogen-bond acceptors (Lipinski definition) is 3. The zero-order chi connectivity index (χ0) is 14.0. The van der Waals surface area contributed by atoms with Gasteiger partial charge in [0.05, 0.1) is 17.2 Å². The van der Waals surface area contributed by atoms with Crippen molar-refractivity contribution in [3.8, 4) is 6.07 Å². The van der Waals surface area contributed by atoms with Crippen molar-refractivity contribution in [1.29, 1.82) is 5.26 Å². The van der Waals surface area contributed by atoms with E-state index in [0.717, 1.165) is 12.6 Å². The third kappa shape index (κ3) is 2.99. The maximum atomic E-state index is 12.9. The number of benzene rings is 1. The molecule has 0 aromatic heterocycles. The summed E-state index contributed by atoms with van der Waals surface area (Å²) < 4.78 is 38.6. The standard InChI is InChI=1S/C13H14F3N3/c1-9-8-19(5-4-18-9)11-3-2-10(7-17)12(6-11)13(14,15)16/h2-3,6,9,18H,4-5,8H2,1H3/t9-/m0/s1. The summed E-state index contributed by atoms with van der Waals surface area (Å²) in [6, 6.07) is 5.71. The highest BCUT2D eigenvalue weighted by molar-refractivity contribution is 5.55. The first-order valence-electron chi connectivity index (χ1n) is 6.01. The Bertz CT molecular complexity index is 505. The van der Waals surface area contributed by atoms with Crippen LogP contribution in [0.15, 0.2) is 18.2 Å². The Morgan fingerprint density at radius 2 is 2.16 bits per heavy atom. The Balaban J connectivity index is 2.35. The first-order chi connectivity index (χ1) is 8.91. The summed E-state index contributed by atoms with van der Waals surface area (Å²) in [4.78, 5) is 1.90. The predicted molar refractivity (Wildman–Crippen MR) is 65.8 cm³/mol. The second-order valence-corrected chi connectivity index (χ2v) is 4.64. The Kier molecular flexibility index (Phi) is 3.67. The Hall–Kier alpha value is -1.74. The van der Waals surface area contributed by atoms with Crippen molar-refractivity contribution in [3.05, 3.63) is 29.3 Å². The Morgan fingerprint density at radius 3 is 2.74 bits per heavy atom. The summed E-state index contributed by atoms with van der Waals surface area (Å²) in [6.07, 6.45) is -4.50. The molecule has 0 unspecified atom stereocenters. The number of nitrogens with one attached hydrogen (secondary N) is 1. The van der Waals surface area contributed by atoms with Gasteiger partial charge in [0.1, 0.15) is 0 Å². The minimum absolute atomic E-state index is 0.235. The smallest absolute Gasteiger partial charge is 0.369 e. The van der Waals surface area contributed by atoms with Gasteiger partial charge in [0.15, 0.2) is 0 Å². The van der Waals surface area contributed by atoms with Crippen LogP contribution in [-0.4, -0.2) is 25.7 Å². The number of rotatable bonds is 1. The number of nitrogens with zero attached hydrogens (tertiary/aromatic N) is 2. The van der Waals surface area contributed by atoms with Gasteiger partial charge in [-0.1, -0.05) is 0 Å². The molecule has 0 aliphatic carbocycles. The van der Waals surface area contributed by atoms with Crippen LogP contribution in [0.5, 0.6) is 0 Å². The van der Waals surface area contributed by atoms with Crippen molar-refractivity contribution in [2.24, 2.45) is 0 Å². The van der Waals surface area contributed by atoms with E-state index < -0.39 is 11.7 Å². The van der Waals surface area contributed by atoms with Gasteiger partial charge >= 0.3 is 6.18 Å². The third-order valence-electron chi connectivity index (χ3n) is 3.16. The summed E-state index contributed by atoms with van der Waals surface area (Å²) in [5.41, 5.74) is -0.683. The molecule has 1 atom stereocenters. The molecule has 1 aromatic rings. The molecule has 1 saturated heterocycles. The summed E-state index contributed by atoms with van der Waals surface area (Å²) in [7, 11) is 0. The van der Waals surface area contributed by atoms with Crippen LogP contribution in [-0.2, 0) is 6.18 Å². The van der Waals surface area contributed by atoms with Crippen LogP contribution in [0, 0.1) is 11.3 Å². The fraction of sp³-hybridized carbons (Fsp3) is 0.462. The van der Waals surface area contributed by atoms with E-state index >= 15 is 0 Å². The molecular weight excluding hydrogens is 255 g/mol. The SMILES string of the molecule is C[C@H]1CN(c2ccc(C#N)c(C(F)(F)F)c2)CCN1. The first-order valence-corrected chi connectivity index (χ1v) is 6.01. The quantitative estimate of drug-likeness (QED) is 0.850. The zero-order valence-corrected chi connectivity index (χ0v) is 10.5. The van der Waals surface area contributed by atoms with Crippen LogP contribution in [0.4, 0.5) is 18.9 Å². The van der Waals surface area contributed by atoms with E-state index in [1.807, 2.05) is 11.8 Å². The molecule has 19 heavy (non-hydrogen) atoms. The van der Waals surface area contributed by atoms with Crippen molar-refractivity contribution in [2.75, 3.05) is 24.5 Å². The first kappa shape index (κ1) is 13.7. The number of hydrogen-bond donors (Lipinski definition) is 1. The lowest BCUT2D eigenvalue weighted by atomic mass is 10.1. The van der Waals surface area contributed by atoms with E-state index in [1.165, 1.54) is 6.07 Å². The van der Waals surface area contributed by atoms with Gasteiger partial charge in [0.25, 0.3) is 0 Å². The normalized spacial score (nSPS) is 20.2. The molecule has 1 fully saturated rings. The molecule has 6 heteroatoms. The molecule has 0 amide bonds. The average molecular weight is 269 g/mol. The minimum atomic E-state index is -4.50. The van der Waals surface area contributed by atoms with Crippen LogP contribution in [0.25, 0.3) is 0 Å². The number of piperazine rings is 1. The highest BCUT2D eigenvalue weighted by Crippen LogP contribution is 2.34. The average Bonchev–Trinajstić information content (AvgIpc) is 2.37. The monoisotopic (exact) mass is 269 g/mol. The lowest BCUT2D eigenvalue weighted by molar-refractivity contribution is -0.137. The fourth-order valence-corrected chi connectivity index (χ4v) is 2.23. The van der Waals surface area contributed by atoms with Gasteiger partial charge < -0.3 is 10.2 Å². The lowest BCUT2D eigenvalue weighted by Gasteiger charge is -2.34. The molecule has 1 aliphatic rings. The minimum Gasteiger partial charge on any atom is -0.369 e. The van der Waals surface area contributed by atoms with Crippen molar-refractivity contribution >= 4 is 5.69 Å². The predicted octanol–water partition coefficient (Wildman–Crippen LogP) is 2.38. The van der Waals surface area contributed by atoms with Crippen molar-refractivity contribution in [1.82, 2.24) is 5.32 Å². The molecule has 102 valence electrons. The molecule has 0 spiro atoms. The van der Waals surface area contributed by atoms with Gasteiger partial charge in [0, 0.05) is 31.4 Å². The van der Waals surface area contributed by atoms with Crippen LogP contribution in [0.1, 0.15) is 18.1 Å². The fourth-order valence-electron chi connectivity index (χ4n) is 2.23. The third-order valence-corrected chi connectivity index (χ3v) is 3.16. The molecule has 0 saturated carbocycles. The van der Waals surface area contributed by atoms with Gasteiger partial charge in [0.2, 0.25) is 0 Å². The summed E-state index contributed by atoms with van der Waals surface area (Å²) in [5.74, 6) is 0. The molecule has 1 heterocycles. The topological polar surface area (TPSA) is 39.1 Å². The molecule has 2 rings (SSSR count). The van der Waals surface area contributed by atoms with Crippen LogP contribution in [0.3, 0.4) is 0 Å². The van der Waals surface area contributed by atoms with Crippen molar-refractivity contribution < 1.29 is 13.2 Å². The summed E-state index contributed by atoms with van der Waals surface area (Å²) in [6.45, 7) is 4.04. The Labute approximate surface area is 109 Å². The van der Waals surface area contributed by atoms with Gasteiger partial charge in [-0.15, -0.1) is 0 Å². The lowest BCUT2D eigenvalue weighted by Crippen LogP contribution is -2.49. The largest absolute Gasteiger partial charge is 0.417 e. The van der Waals surface area contributed by atoms with Crippen LogP contribution < -0.4 is 10.2 Å². The maximum Gasteiger partial charge on any atom is 0.417 e. The molecule has 1 aliphatic heterocycles. The second kappa shape index (κ2) is 5.10. The van der Waals surface area contributed by atoms with E-state index in [1.54, 1.807) is 12.1 Å². The molecule has 0 bridgehead atoms.